The van der Waals surface area contributed by atoms with Gasteiger partial charge in [0.2, 0.25) is 5.95 Å². The summed E-state index contributed by atoms with van der Waals surface area (Å²) >= 11 is 1.70. The van der Waals surface area contributed by atoms with Crippen molar-refractivity contribution in [3.05, 3.63) is 71.1 Å². The molecule has 1 aromatic carbocycles. The van der Waals surface area contributed by atoms with E-state index in [1.54, 1.807) is 18.0 Å². The molecule has 3 aromatic rings. The highest BCUT2D eigenvalue weighted by Crippen LogP contribution is 2.44. The fraction of sp³-hybridized carbons (Fsp3) is 0.286. The number of thioether (sulfide) groups is 1. The number of hydrogen-bond acceptors (Lipinski definition) is 6. The van der Waals surface area contributed by atoms with Crippen molar-refractivity contribution < 1.29 is 9.21 Å². The summed E-state index contributed by atoms with van der Waals surface area (Å²) in [6.07, 6.45) is 4.88. The van der Waals surface area contributed by atoms with Crippen LogP contribution in [0.4, 0.5) is 5.95 Å². The molecule has 6 nitrogen and oxygen atoms in total. The Bertz CT molecular complexity index is 1070. The molecule has 1 aliphatic heterocycles. The molecule has 7 heteroatoms. The van der Waals surface area contributed by atoms with Gasteiger partial charge in [-0.25, -0.2) is 4.68 Å². The molecule has 28 heavy (non-hydrogen) atoms. The maximum absolute atomic E-state index is 13.3. The minimum absolute atomic E-state index is 0.0452. The number of allylic oxidation sites excluding steroid dienone is 2. The molecule has 0 bridgehead atoms. The van der Waals surface area contributed by atoms with Crippen LogP contribution in [-0.2, 0) is 4.79 Å². The first-order valence-electron chi connectivity index (χ1n) is 9.28. The molecule has 2 atom stereocenters. The van der Waals surface area contributed by atoms with E-state index in [2.05, 4.69) is 45.9 Å². The summed E-state index contributed by atoms with van der Waals surface area (Å²) in [6.45, 7) is 1.87. The second-order valence-corrected chi connectivity index (χ2v) is 8.04. The van der Waals surface area contributed by atoms with Crippen LogP contribution in [0.15, 0.2) is 63.2 Å². The van der Waals surface area contributed by atoms with Gasteiger partial charge in [-0.15, -0.1) is 11.8 Å². The number of carbonyl (C=O) groups is 1. The molecule has 0 saturated heterocycles. The maximum atomic E-state index is 13.3. The molecule has 2 aromatic heterocycles. The standard InChI is InChI=1S/C21H20N4O2S/c1-12-22-21-23-16-10-14(18-4-3-9-27-18)11-17(26)19(16)20(25(21)24-12)13-5-7-15(28-2)8-6-13/h3-9,14,20H,10-11H2,1-2H3,(H,22,23,24)/t14-,20-/m0/s1. The molecule has 0 radical (unpaired) electrons. The van der Waals surface area contributed by atoms with E-state index >= 15 is 0 Å². The Balaban J connectivity index is 1.61. The maximum Gasteiger partial charge on any atom is 0.226 e. The lowest BCUT2D eigenvalue weighted by Crippen LogP contribution is -2.33. The Labute approximate surface area is 167 Å². The van der Waals surface area contributed by atoms with Crippen molar-refractivity contribution in [1.29, 1.82) is 0 Å². The smallest absolute Gasteiger partial charge is 0.226 e. The van der Waals surface area contributed by atoms with Gasteiger partial charge in [0.15, 0.2) is 5.78 Å². The first kappa shape index (κ1) is 17.3. The molecular weight excluding hydrogens is 372 g/mol. The zero-order chi connectivity index (χ0) is 19.3. The molecule has 0 amide bonds. The van der Waals surface area contributed by atoms with Gasteiger partial charge in [-0.05, 0) is 49.4 Å². The number of furan rings is 1. The quantitative estimate of drug-likeness (QED) is 0.670. The lowest BCUT2D eigenvalue weighted by atomic mass is 9.79. The molecule has 0 saturated carbocycles. The van der Waals surface area contributed by atoms with Crippen molar-refractivity contribution in [2.75, 3.05) is 11.6 Å². The van der Waals surface area contributed by atoms with Gasteiger partial charge in [0, 0.05) is 28.5 Å². The number of Topliss-reactive ketones (excluding diaryl/α,β-unsaturated/α-hetero) is 1. The predicted molar refractivity (Wildman–Crippen MR) is 107 cm³/mol. The number of benzene rings is 1. The average Bonchev–Trinajstić information content (AvgIpc) is 3.35. The number of hydrogen-bond donors (Lipinski definition) is 1. The SMILES string of the molecule is CSc1ccc([C@H]2C3=C(C[C@H](c4ccco4)CC3=O)Nc3nc(C)nn32)cc1. The second kappa shape index (κ2) is 6.67. The van der Waals surface area contributed by atoms with Crippen LogP contribution in [0.3, 0.4) is 0 Å². The van der Waals surface area contributed by atoms with Gasteiger partial charge in [0.1, 0.15) is 17.6 Å². The Hall–Kier alpha value is -2.80. The molecule has 1 aliphatic carbocycles. The summed E-state index contributed by atoms with van der Waals surface area (Å²) in [4.78, 5) is 19.0. The van der Waals surface area contributed by atoms with Crippen LogP contribution < -0.4 is 5.32 Å². The fourth-order valence-corrected chi connectivity index (χ4v) is 4.55. The summed E-state index contributed by atoms with van der Waals surface area (Å²) in [6, 6.07) is 11.9. The van der Waals surface area contributed by atoms with Crippen molar-refractivity contribution in [2.45, 2.75) is 36.6 Å². The molecule has 2 aliphatic rings. The van der Waals surface area contributed by atoms with E-state index in [1.807, 2.05) is 23.7 Å². The second-order valence-electron chi connectivity index (χ2n) is 7.16. The van der Waals surface area contributed by atoms with Crippen LogP contribution in [0.1, 0.15) is 41.9 Å². The number of rotatable bonds is 3. The number of carbonyl (C=O) groups excluding carboxylic acids is 1. The summed E-state index contributed by atoms with van der Waals surface area (Å²) in [7, 11) is 0. The molecule has 0 unspecified atom stereocenters. The number of nitrogens with one attached hydrogen (secondary N) is 1. The zero-order valence-electron chi connectivity index (χ0n) is 15.7. The number of anilines is 1. The van der Waals surface area contributed by atoms with E-state index in [0.29, 0.717) is 18.2 Å². The van der Waals surface area contributed by atoms with Gasteiger partial charge in [-0.3, -0.25) is 4.79 Å². The van der Waals surface area contributed by atoms with E-state index in [-0.39, 0.29) is 17.7 Å². The Morgan fingerprint density at radius 3 is 2.75 bits per heavy atom. The number of aryl methyl sites for hydroxylation is 1. The Kier molecular flexibility index (Phi) is 4.12. The third-order valence-corrected chi connectivity index (χ3v) is 6.15. The minimum Gasteiger partial charge on any atom is -0.469 e. The van der Waals surface area contributed by atoms with E-state index in [1.165, 1.54) is 4.90 Å². The van der Waals surface area contributed by atoms with Gasteiger partial charge in [0.25, 0.3) is 0 Å². The summed E-state index contributed by atoms with van der Waals surface area (Å²) in [5.74, 6) is 2.40. The van der Waals surface area contributed by atoms with Crippen molar-refractivity contribution >= 4 is 23.5 Å². The van der Waals surface area contributed by atoms with E-state index in [9.17, 15) is 4.79 Å². The highest BCUT2D eigenvalue weighted by atomic mass is 32.2. The third kappa shape index (κ3) is 2.77. The van der Waals surface area contributed by atoms with E-state index in [0.717, 1.165) is 29.0 Å². The van der Waals surface area contributed by atoms with Crippen LogP contribution >= 0.6 is 11.8 Å². The topological polar surface area (TPSA) is 73.0 Å². The molecule has 5 rings (SSSR count). The van der Waals surface area contributed by atoms with Gasteiger partial charge < -0.3 is 9.73 Å². The Morgan fingerprint density at radius 2 is 2.04 bits per heavy atom. The van der Waals surface area contributed by atoms with Gasteiger partial charge in [-0.1, -0.05) is 12.1 Å². The van der Waals surface area contributed by atoms with Gasteiger partial charge in [0.05, 0.1) is 6.26 Å². The average molecular weight is 392 g/mol. The highest BCUT2D eigenvalue weighted by Gasteiger charge is 2.40. The van der Waals surface area contributed by atoms with Crippen LogP contribution in [0.5, 0.6) is 0 Å². The number of fused-ring (bicyclic) bond motifs is 1. The van der Waals surface area contributed by atoms with E-state index in [4.69, 9.17) is 4.42 Å². The number of aromatic nitrogens is 3. The summed E-state index contributed by atoms with van der Waals surface area (Å²) < 4.78 is 7.41. The predicted octanol–water partition coefficient (Wildman–Crippen LogP) is 4.32. The monoisotopic (exact) mass is 392 g/mol. The summed E-state index contributed by atoms with van der Waals surface area (Å²) in [5.41, 5.74) is 2.76. The molecule has 3 heterocycles. The molecular formula is C21H20N4O2S. The first-order chi connectivity index (χ1) is 13.6. The first-order valence-corrected chi connectivity index (χ1v) is 10.5. The lowest BCUT2D eigenvalue weighted by molar-refractivity contribution is -0.117. The van der Waals surface area contributed by atoms with Crippen molar-refractivity contribution in [3.63, 3.8) is 0 Å². The van der Waals surface area contributed by atoms with Crippen LogP contribution in [0.25, 0.3) is 0 Å². The van der Waals surface area contributed by atoms with Crippen LogP contribution in [0.2, 0.25) is 0 Å². The molecule has 142 valence electrons. The zero-order valence-corrected chi connectivity index (χ0v) is 16.5. The number of ketones is 1. The fourth-order valence-electron chi connectivity index (χ4n) is 4.14. The van der Waals surface area contributed by atoms with Crippen LogP contribution in [-0.4, -0.2) is 26.8 Å². The minimum atomic E-state index is -0.256. The van der Waals surface area contributed by atoms with E-state index < -0.39 is 0 Å². The molecule has 1 N–H and O–H groups in total. The van der Waals surface area contributed by atoms with Gasteiger partial charge in [-0.2, -0.15) is 10.1 Å². The van der Waals surface area contributed by atoms with Gasteiger partial charge >= 0.3 is 0 Å². The number of nitrogens with zero attached hydrogens (tertiary/aromatic N) is 3. The Morgan fingerprint density at radius 1 is 1.21 bits per heavy atom. The largest absolute Gasteiger partial charge is 0.469 e. The molecule has 0 fully saturated rings. The summed E-state index contributed by atoms with van der Waals surface area (Å²) in [5, 5.41) is 7.95. The van der Waals surface area contributed by atoms with Crippen molar-refractivity contribution in [2.24, 2.45) is 0 Å². The third-order valence-electron chi connectivity index (χ3n) is 5.40. The van der Waals surface area contributed by atoms with Crippen LogP contribution in [0, 0.1) is 6.92 Å². The molecule has 0 spiro atoms. The lowest BCUT2D eigenvalue weighted by Gasteiger charge is -2.34. The van der Waals surface area contributed by atoms with Crippen molar-refractivity contribution in [3.8, 4) is 0 Å². The highest BCUT2D eigenvalue weighted by molar-refractivity contribution is 7.98. The van der Waals surface area contributed by atoms with Crippen molar-refractivity contribution in [1.82, 2.24) is 14.8 Å². The normalized spacial score (nSPS) is 21.3.